The fourth-order valence-electron chi connectivity index (χ4n) is 2.91. The first-order valence-corrected chi connectivity index (χ1v) is 9.24. The van der Waals surface area contributed by atoms with Gasteiger partial charge in [-0.1, -0.05) is 23.7 Å². The van der Waals surface area contributed by atoms with Gasteiger partial charge in [-0.25, -0.2) is 9.37 Å². The Morgan fingerprint density at radius 1 is 1.14 bits per heavy atom. The Bertz CT molecular complexity index is 1210. The normalized spacial score (nSPS) is 10.9. The molecule has 0 atom stereocenters. The smallest absolute Gasteiger partial charge is 0.251 e. The molecule has 4 aromatic rings. The summed E-state index contributed by atoms with van der Waals surface area (Å²) in [4.78, 5) is 16.9. The highest BCUT2D eigenvalue weighted by Crippen LogP contribution is 2.21. The van der Waals surface area contributed by atoms with Crippen LogP contribution in [-0.4, -0.2) is 20.7 Å². The number of carbonyl (C=O) groups excluding carboxylic acids is 1. The molecule has 0 spiro atoms. The average molecular weight is 410 g/mol. The maximum Gasteiger partial charge on any atom is 0.251 e. The molecule has 0 aliphatic rings. The van der Waals surface area contributed by atoms with Crippen LogP contribution in [0, 0.1) is 5.82 Å². The van der Waals surface area contributed by atoms with E-state index in [2.05, 4.69) is 20.7 Å². The van der Waals surface area contributed by atoms with Crippen LogP contribution in [0.25, 0.3) is 10.8 Å². The quantitative estimate of drug-likeness (QED) is 0.511. The number of pyridine rings is 1. The second-order valence-electron chi connectivity index (χ2n) is 6.53. The largest absolute Gasteiger partial charge is 0.348 e. The van der Waals surface area contributed by atoms with E-state index in [1.807, 2.05) is 25.2 Å². The first-order valence-electron chi connectivity index (χ1n) is 8.86. The molecule has 2 heterocycles. The van der Waals surface area contributed by atoms with E-state index in [0.717, 1.165) is 22.2 Å². The van der Waals surface area contributed by atoms with Crippen LogP contribution in [-0.2, 0) is 13.6 Å². The van der Waals surface area contributed by atoms with Gasteiger partial charge in [0.05, 0.1) is 11.2 Å². The first kappa shape index (κ1) is 18.9. The van der Waals surface area contributed by atoms with Crippen LogP contribution in [0.5, 0.6) is 0 Å². The van der Waals surface area contributed by atoms with Crippen LogP contribution in [0.4, 0.5) is 16.0 Å². The van der Waals surface area contributed by atoms with Gasteiger partial charge < -0.3 is 10.6 Å². The number of halogens is 2. The van der Waals surface area contributed by atoms with E-state index in [0.29, 0.717) is 11.4 Å². The molecule has 0 saturated heterocycles. The van der Waals surface area contributed by atoms with Gasteiger partial charge in [0.1, 0.15) is 17.5 Å². The molecular formula is C21H17ClFN5O. The predicted octanol–water partition coefficient (Wildman–Crippen LogP) is 4.43. The monoisotopic (exact) mass is 409 g/mol. The highest BCUT2D eigenvalue weighted by atomic mass is 35.5. The third-order valence-electron chi connectivity index (χ3n) is 4.50. The summed E-state index contributed by atoms with van der Waals surface area (Å²) in [7, 11) is 1.83. The summed E-state index contributed by atoms with van der Waals surface area (Å²) in [5, 5.41) is 12.0. The molecule has 0 aliphatic heterocycles. The zero-order valence-electron chi connectivity index (χ0n) is 15.5. The Kier molecular flexibility index (Phi) is 5.14. The predicted molar refractivity (Wildman–Crippen MR) is 111 cm³/mol. The van der Waals surface area contributed by atoms with E-state index in [1.54, 1.807) is 35.3 Å². The van der Waals surface area contributed by atoms with Crippen LogP contribution < -0.4 is 10.6 Å². The molecule has 146 valence electrons. The minimum Gasteiger partial charge on any atom is -0.348 e. The van der Waals surface area contributed by atoms with Crippen molar-refractivity contribution in [1.29, 1.82) is 0 Å². The van der Waals surface area contributed by atoms with Gasteiger partial charge in [0.25, 0.3) is 5.91 Å². The molecule has 0 radical (unpaired) electrons. The van der Waals surface area contributed by atoms with Crippen LogP contribution in [0.1, 0.15) is 15.9 Å². The number of fused-ring (bicyclic) bond motifs is 1. The van der Waals surface area contributed by atoms with E-state index in [1.165, 1.54) is 12.1 Å². The fraction of sp³-hybridized carbons (Fsp3) is 0.0952. The van der Waals surface area contributed by atoms with Crippen LogP contribution in [0.15, 0.2) is 60.9 Å². The van der Waals surface area contributed by atoms with Crippen molar-refractivity contribution in [2.45, 2.75) is 6.54 Å². The lowest BCUT2D eigenvalue weighted by molar-refractivity contribution is 0.0951. The number of benzene rings is 2. The molecule has 0 saturated carbocycles. The highest BCUT2D eigenvalue weighted by Gasteiger charge is 2.09. The van der Waals surface area contributed by atoms with Gasteiger partial charge in [-0.15, -0.1) is 0 Å². The second kappa shape index (κ2) is 7.89. The standard InChI is InChI=1S/C21H17ClFN5O/c1-28-20(6-7-26-28)27-19-10-16-9-14(3-4-15(16)12-24-19)21(29)25-11-13-2-5-18(23)17(22)8-13/h2-10,12H,11H2,1H3,(H,24,27)(H,25,29). The SMILES string of the molecule is Cn1nccc1Nc1cc2cc(C(=O)NCc3ccc(F)c(Cl)c3)ccc2cn1. The molecule has 0 unspecified atom stereocenters. The van der Waals surface area contributed by atoms with Crippen molar-refractivity contribution in [3.05, 3.63) is 82.9 Å². The maximum absolute atomic E-state index is 13.3. The van der Waals surface area contributed by atoms with Gasteiger partial charge in [-0.2, -0.15) is 5.10 Å². The number of rotatable bonds is 5. The Hall–Kier alpha value is -3.45. The van der Waals surface area contributed by atoms with E-state index in [9.17, 15) is 9.18 Å². The minimum absolute atomic E-state index is 0.0309. The summed E-state index contributed by atoms with van der Waals surface area (Å²) in [6, 6.07) is 13.5. The number of hydrogen-bond donors (Lipinski definition) is 2. The highest BCUT2D eigenvalue weighted by molar-refractivity contribution is 6.30. The Morgan fingerprint density at radius 3 is 2.76 bits per heavy atom. The number of aromatic nitrogens is 3. The number of aryl methyl sites for hydroxylation is 1. The number of amides is 1. The molecule has 0 aliphatic carbocycles. The summed E-state index contributed by atoms with van der Waals surface area (Å²) in [5.41, 5.74) is 1.24. The van der Waals surface area contributed by atoms with Gasteiger partial charge >= 0.3 is 0 Å². The van der Waals surface area contributed by atoms with Crippen molar-refractivity contribution >= 4 is 39.9 Å². The maximum atomic E-state index is 13.3. The topological polar surface area (TPSA) is 71.8 Å². The molecule has 0 bridgehead atoms. The van der Waals surface area contributed by atoms with E-state index in [4.69, 9.17) is 11.6 Å². The first-order chi connectivity index (χ1) is 14.0. The van der Waals surface area contributed by atoms with Crippen molar-refractivity contribution in [3.63, 3.8) is 0 Å². The van der Waals surface area contributed by atoms with Crippen molar-refractivity contribution in [2.24, 2.45) is 7.05 Å². The molecule has 6 nitrogen and oxygen atoms in total. The summed E-state index contributed by atoms with van der Waals surface area (Å²) < 4.78 is 15.0. The lowest BCUT2D eigenvalue weighted by Gasteiger charge is -2.09. The van der Waals surface area contributed by atoms with Gasteiger partial charge in [0, 0.05) is 36.8 Å². The van der Waals surface area contributed by atoms with Crippen LogP contribution in [0.2, 0.25) is 5.02 Å². The summed E-state index contributed by atoms with van der Waals surface area (Å²) >= 11 is 5.78. The van der Waals surface area contributed by atoms with Gasteiger partial charge in [-0.3, -0.25) is 9.48 Å². The number of nitrogens with one attached hydrogen (secondary N) is 2. The van der Waals surface area contributed by atoms with Crippen molar-refractivity contribution < 1.29 is 9.18 Å². The minimum atomic E-state index is -0.486. The second-order valence-corrected chi connectivity index (χ2v) is 6.93. The fourth-order valence-corrected chi connectivity index (χ4v) is 3.12. The third kappa shape index (κ3) is 4.20. The number of nitrogens with zero attached hydrogens (tertiary/aromatic N) is 3. The molecule has 2 aromatic carbocycles. The molecule has 0 fully saturated rings. The van der Waals surface area contributed by atoms with Gasteiger partial charge in [0.2, 0.25) is 0 Å². The number of carbonyl (C=O) groups is 1. The lowest BCUT2D eigenvalue weighted by atomic mass is 10.1. The molecule has 1 amide bonds. The Labute approximate surface area is 171 Å². The zero-order valence-corrected chi connectivity index (χ0v) is 16.2. The number of anilines is 2. The summed E-state index contributed by atoms with van der Waals surface area (Å²) in [5.74, 6) is 0.744. The molecular weight excluding hydrogens is 393 g/mol. The Balaban J connectivity index is 1.51. The molecule has 2 N–H and O–H groups in total. The molecule has 2 aromatic heterocycles. The third-order valence-corrected chi connectivity index (χ3v) is 4.79. The number of hydrogen-bond acceptors (Lipinski definition) is 4. The molecule has 8 heteroatoms. The zero-order chi connectivity index (χ0) is 20.4. The lowest BCUT2D eigenvalue weighted by Crippen LogP contribution is -2.22. The average Bonchev–Trinajstić information content (AvgIpc) is 3.12. The van der Waals surface area contributed by atoms with Gasteiger partial charge in [-0.05, 0) is 41.3 Å². The van der Waals surface area contributed by atoms with E-state index < -0.39 is 5.82 Å². The van der Waals surface area contributed by atoms with Gasteiger partial charge in [0.15, 0.2) is 0 Å². The summed E-state index contributed by atoms with van der Waals surface area (Å²) in [6.45, 7) is 0.251. The summed E-state index contributed by atoms with van der Waals surface area (Å²) in [6.07, 6.45) is 3.44. The van der Waals surface area contributed by atoms with Crippen molar-refractivity contribution in [2.75, 3.05) is 5.32 Å². The van der Waals surface area contributed by atoms with Crippen LogP contribution in [0.3, 0.4) is 0 Å². The molecule has 29 heavy (non-hydrogen) atoms. The Morgan fingerprint density at radius 2 is 2.00 bits per heavy atom. The van der Waals surface area contributed by atoms with Crippen LogP contribution >= 0.6 is 11.6 Å². The molecule has 4 rings (SSSR count). The van der Waals surface area contributed by atoms with E-state index in [-0.39, 0.29) is 17.5 Å². The van der Waals surface area contributed by atoms with Crippen molar-refractivity contribution in [1.82, 2.24) is 20.1 Å². The van der Waals surface area contributed by atoms with Crippen molar-refractivity contribution in [3.8, 4) is 0 Å². The van der Waals surface area contributed by atoms with E-state index >= 15 is 0 Å².